The van der Waals surface area contributed by atoms with E-state index in [1.165, 1.54) is 30.5 Å². The Morgan fingerprint density at radius 2 is 2.14 bits per heavy atom. The molecule has 1 N–H and O–H groups in total. The van der Waals surface area contributed by atoms with Gasteiger partial charge in [-0.1, -0.05) is 24.1 Å². The number of terminal acetylenes is 1. The maximum absolute atomic E-state index is 12.3. The third-order valence-electron chi connectivity index (χ3n) is 4.39. The summed E-state index contributed by atoms with van der Waals surface area (Å²) in [5.74, 6) is 2.05. The number of nitrogens with zero attached hydrogens (tertiary/aromatic N) is 3. The smallest absolute Gasteiger partial charge is 0.307 e. The van der Waals surface area contributed by atoms with Crippen molar-refractivity contribution in [2.45, 2.75) is 6.54 Å². The number of hydrogen-bond acceptors (Lipinski definition) is 5. The summed E-state index contributed by atoms with van der Waals surface area (Å²) in [4.78, 5) is 22.7. The van der Waals surface area contributed by atoms with Gasteiger partial charge in [-0.2, -0.15) is 5.10 Å². The van der Waals surface area contributed by atoms with Crippen LogP contribution in [0, 0.1) is 22.5 Å². The maximum atomic E-state index is 12.3. The Morgan fingerprint density at radius 1 is 1.31 bits per heavy atom. The van der Waals surface area contributed by atoms with Crippen LogP contribution in [0.4, 0.5) is 5.69 Å². The number of carbonyl (C=O) groups excluding carboxylic acids is 1. The molecule has 0 aliphatic heterocycles. The molecule has 2 aromatic heterocycles. The molecule has 0 radical (unpaired) electrons. The van der Waals surface area contributed by atoms with E-state index in [4.69, 9.17) is 10.8 Å². The molecule has 0 aliphatic carbocycles. The van der Waals surface area contributed by atoms with Crippen molar-refractivity contribution in [2.24, 2.45) is 5.10 Å². The summed E-state index contributed by atoms with van der Waals surface area (Å²) < 4.78 is 7.36. The number of rotatable bonds is 5. The van der Waals surface area contributed by atoms with Crippen molar-refractivity contribution in [3.8, 4) is 12.3 Å². The van der Waals surface area contributed by atoms with Crippen LogP contribution in [0.2, 0.25) is 0 Å². The minimum absolute atomic E-state index is 0.00686. The molecular formula is C21H14N4O4. The summed E-state index contributed by atoms with van der Waals surface area (Å²) in [6.07, 6.45) is 8.80. The van der Waals surface area contributed by atoms with Gasteiger partial charge in [-0.25, -0.2) is 5.43 Å². The molecule has 0 saturated carbocycles. The Hall–Kier alpha value is -4.38. The van der Waals surface area contributed by atoms with Gasteiger partial charge in [0.2, 0.25) is 0 Å². The predicted molar refractivity (Wildman–Crippen MR) is 109 cm³/mol. The monoisotopic (exact) mass is 386 g/mol. The summed E-state index contributed by atoms with van der Waals surface area (Å²) in [6, 6.07) is 13.3. The third kappa shape index (κ3) is 3.44. The third-order valence-corrected chi connectivity index (χ3v) is 4.39. The second-order valence-corrected chi connectivity index (χ2v) is 6.22. The summed E-state index contributed by atoms with van der Waals surface area (Å²) in [6.45, 7) is 0.422. The highest BCUT2D eigenvalue weighted by atomic mass is 16.6. The second kappa shape index (κ2) is 7.32. The molecule has 0 unspecified atom stereocenters. The molecule has 8 nitrogen and oxygen atoms in total. The number of fused-ring (bicyclic) bond motifs is 2. The molecule has 0 saturated heterocycles. The molecule has 4 rings (SSSR count). The lowest BCUT2D eigenvalue weighted by molar-refractivity contribution is -0.384. The van der Waals surface area contributed by atoms with Gasteiger partial charge in [-0.05, 0) is 18.2 Å². The van der Waals surface area contributed by atoms with E-state index in [0.717, 1.165) is 16.5 Å². The van der Waals surface area contributed by atoms with Gasteiger partial charge in [0.25, 0.3) is 5.69 Å². The van der Waals surface area contributed by atoms with Crippen LogP contribution in [-0.2, 0) is 6.54 Å². The lowest BCUT2D eigenvalue weighted by atomic mass is 10.2. The van der Waals surface area contributed by atoms with Crippen molar-refractivity contribution in [3.05, 3.63) is 76.2 Å². The molecule has 0 bridgehead atoms. The van der Waals surface area contributed by atoms with Crippen molar-refractivity contribution in [1.29, 1.82) is 0 Å². The maximum Gasteiger partial charge on any atom is 0.307 e. The average Bonchev–Trinajstić information content (AvgIpc) is 3.30. The van der Waals surface area contributed by atoms with Crippen LogP contribution in [0.15, 0.2) is 64.2 Å². The van der Waals surface area contributed by atoms with Crippen LogP contribution < -0.4 is 5.43 Å². The highest BCUT2D eigenvalue weighted by Gasteiger charge is 2.14. The number of para-hydroxylation sites is 1. The van der Waals surface area contributed by atoms with Gasteiger partial charge in [-0.3, -0.25) is 14.9 Å². The number of carbonyl (C=O) groups is 1. The van der Waals surface area contributed by atoms with Crippen LogP contribution in [0.1, 0.15) is 16.1 Å². The number of amides is 1. The van der Waals surface area contributed by atoms with E-state index in [9.17, 15) is 14.9 Å². The first kappa shape index (κ1) is 18.0. The van der Waals surface area contributed by atoms with Crippen LogP contribution in [0.3, 0.4) is 0 Å². The number of nitrogens with one attached hydrogen (secondary N) is 1. The van der Waals surface area contributed by atoms with E-state index in [0.29, 0.717) is 17.5 Å². The zero-order valence-corrected chi connectivity index (χ0v) is 15.0. The van der Waals surface area contributed by atoms with Crippen molar-refractivity contribution >= 4 is 39.7 Å². The Balaban J connectivity index is 1.55. The molecule has 142 valence electrons. The first-order valence-corrected chi connectivity index (χ1v) is 8.59. The van der Waals surface area contributed by atoms with Crippen molar-refractivity contribution in [3.63, 3.8) is 0 Å². The first-order valence-electron chi connectivity index (χ1n) is 8.59. The van der Waals surface area contributed by atoms with Gasteiger partial charge in [0, 0.05) is 40.2 Å². The summed E-state index contributed by atoms with van der Waals surface area (Å²) in [5, 5.41) is 16.3. The standard InChI is InChI=1S/C21H14N4O4/c1-2-9-24-13-15(17-5-3-4-6-18(17)24)12-22-23-21(26)20-11-14-10-16(25(27)28)7-8-19(14)29-20/h1,3-8,10-13H,9H2,(H,23,26)/b22-12-. The number of furan rings is 1. The number of nitro benzene ring substituents is 1. The number of benzene rings is 2. The van der Waals surface area contributed by atoms with Gasteiger partial charge >= 0.3 is 5.91 Å². The number of nitro groups is 1. The SMILES string of the molecule is C#CCn1cc(/C=N\NC(=O)c2cc3cc([N+](=O)[O-])ccc3o2)c2ccccc21. The molecule has 0 atom stereocenters. The molecule has 8 heteroatoms. The molecule has 2 aromatic carbocycles. The Morgan fingerprint density at radius 3 is 2.93 bits per heavy atom. The van der Waals surface area contributed by atoms with E-state index in [1.807, 2.05) is 35.0 Å². The highest BCUT2D eigenvalue weighted by molar-refractivity contribution is 6.01. The number of aromatic nitrogens is 1. The number of hydrazone groups is 1. The summed E-state index contributed by atoms with van der Waals surface area (Å²) >= 11 is 0. The van der Waals surface area contributed by atoms with Crippen LogP contribution in [0.5, 0.6) is 0 Å². The Bertz CT molecular complexity index is 1320. The first-order chi connectivity index (χ1) is 14.1. The van der Waals surface area contributed by atoms with Gasteiger partial charge in [0.05, 0.1) is 17.7 Å². The quantitative estimate of drug-likeness (QED) is 0.244. The van der Waals surface area contributed by atoms with Crippen LogP contribution in [-0.4, -0.2) is 21.6 Å². The number of non-ortho nitro benzene ring substituents is 1. The van der Waals surface area contributed by atoms with E-state index in [2.05, 4.69) is 16.4 Å². The van der Waals surface area contributed by atoms with E-state index >= 15 is 0 Å². The van der Waals surface area contributed by atoms with Gasteiger partial charge in [-0.15, -0.1) is 6.42 Å². The number of hydrogen-bond donors (Lipinski definition) is 1. The Labute approximate surface area is 164 Å². The predicted octanol–water partition coefficient (Wildman–Crippen LogP) is 3.69. The topological polar surface area (TPSA) is 103 Å². The second-order valence-electron chi connectivity index (χ2n) is 6.22. The molecule has 29 heavy (non-hydrogen) atoms. The molecular weight excluding hydrogens is 372 g/mol. The fourth-order valence-electron chi connectivity index (χ4n) is 3.08. The van der Waals surface area contributed by atoms with Crippen molar-refractivity contribution in [1.82, 2.24) is 9.99 Å². The van der Waals surface area contributed by atoms with Gasteiger partial charge in [0.1, 0.15) is 5.58 Å². The molecule has 0 fully saturated rings. The lowest BCUT2D eigenvalue weighted by Gasteiger charge is -1.97. The largest absolute Gasteiger partial charge is 0.451 e. The molecule has 1 amide bonds. The summed E-state index contributed by atoms with van der Waals surface area (Å²) in [7, 11) is 0. The van der Waals surface area contributed by atoms with E-state index in [-0.39, 0.29) is 11.4 Å². The van der Waals surface area contributed by atoms with Crippen LogP contribution in [0.25, 0.3) is 21.9 Å². The highest BCUT2D eigenvalue weighted by Crippen LogP contribution is 2.24. The van der Waals surface area contributed by atoms with Gasteiger partial charge in [0.15, 0.2) is 5.76 Å². The zero-order chi connectivity index (χ0) is 20.4. The Kier molecular flexibility index (Phi) is 4.55. The minimum atomic E-state index is -0.563. The summed E-state index contributed by atoms with van der Waals surface area (Å²) in [5.41, 5.74) is 4.48. The van der Waals surface area contributed by atoms with Crippen molar-refractivity contribution in [2.75, 3.05) is 0 Å². The van der Waals surface area contributed by atoms with Gasteiger partial charge < -0.3 is 8.98 Å². The zero-order valence-electron chi connectivity index (χ0n) is 15.0. The molecule has 4 aromatic rings. The molecule has 0 spiro atoms. The van der Waals surface area contributed by atoms with Crippen LogP contribution >= 0.6 is 0 Å². The van der Waals surface area contributed by atoms with E-state index in [1.54, 1.807) is 0 Å². The molecule has 0 aliphatic rings. The fraction of sp³-hybridized carbons (Fsp3) is 0.0476. The normalized spacial score (nSPS) is 11.1. The average molecular weight is 386 g/mol. The van der Waals surface area contributed by atoms with Crippen molar-refractivity contribution < 1.29 is 14.1 Å². The minimum Gasteiger partial charge on any atom is -0.451 e. The van der Waals surface area contributed by atoms with E-state index < -0.39 is 10.8 Å². The molecule has 2 heterocycles. The lowest BCUT2D eigenvalue weighted by Crippen LogP contribution is -2.16. The fourth-order valence-corrected chi connectivity index (χ4v) is 3.08.